The van der Waals surface area contributed by atoms with E-state index in [1.54, 1.807) is 13.2 Å². The van der Waals surface area contributed by atoms with Crippen LogP contribution in [0, 0.1) is 0 Å². The van der Waals surface area contributed by atoms with Crippen LogP contribution in [-0.4, -0.2) is 23.4 Å². The molecular formula is C10H8Cl3N3O3S. The van der Waals surface area contributed by atoms with E-state index in [-0.39, 0.29) is 27.3 Å². The Bertz CT molecular complexity index is 745. The van der Waals surface area contributed by atoms with Gasteiger partial charge in [-0.25, -0.2) is 8.42 Å². The molecule has 108 valence electrons. The summed E-state index contributed by atoms with van der Waals surface area (Å²) in [5.74, 6) is 0.228. The first-order valence-electron chi connectivity index (χ1n) is 5.19. The van der Waals surface area contributed by atoms with Crippen molar-refractivity contribution in [1.82, 2.24) is 15.0 Å². The maximum Gasteiger partial charge on any atom is 0.262 e. The summed E-state index contributed by atoms with van der Waals surface area (Å²) >= 11 is 11.8. The Morgan fingerprint density at radius 2 is 2.00 bits per heavy atom. The number of nitrogens with zero attached hydrogens (tertiary/aromatic N) is 3. The van der Waals surface area contributed by atoms with Gasteiger partial charge in [0.25, 0.3) is 9.05 Å². The van der Waals surface area contributed by atoms with Crippen molar-refractivity contribution in [2.45, 2.75) is 11.5 Å². The lowest BCUT2D eigenvalue weighted by Gasteiger charge is -2.08. The molecule has 0 saturated carbocycles. The van der Waals surface area contributed by atoms with Crippen LogP contribution in [0.3, 0.4) is 0 Å². The van der Waals surface area contributed by atoms with Crippen molar-refractivity contribution in [3.8, 4) is 5.75 Å². The third kappa shape index (κ3) is 3.54. The molecule has 0 N–H and O–H groups in total. The van der Waals surface area contributed by atoms with Crippen LogP contribution in [0.4, 0.5) is 0 Å². The minimum absolute atomic E-state index is 0.0708. The average Bonchev–Trinajstić information content (AvgIpc) is 2.74. The maximum atomic E-state index is 11.3. The molecule has 0 amide bonds. The fourth-order valence-corrected chi connectivity index (χ4v) is 3.21. The van der Waals surface area contributed by atoms with E-state index in [0.29, 0.717) is 5.69 Å². The molecular weight excluding hydrogens is 349 g/mol. The summed E-state index contributed by atoms with van der Waals surface area (Å²) in [5.41, 5.74) is 0.591. The minimum Gasteiger partial charge on any atom is -0.486 e. The van der Waals surface area contributed by atoms with Crippen LogP contribution in [0.2, 0.25) is 10.0 Å². The fourth-order valence-electron chi connectivity index (χ4n) is 1.42. The lowest BCUT2D eigenvalue weighted by atomic mass is 10.3. The second-order valence-electron chi connectivity index (χ2n) is 3.82. The Balaban J connectivity index is 2.23. The lowest BCUT2D eigenvalue weighted by molar-refractivity contribution is 0.301. The Kier molecular flexibility index (Phi) is 4.43. The summed E-state index contributed by atoms with van der Waals surface area (Å²) in [6, 6.07) is 2.42. The van der Waals surface area contributed by atoms with Gasteiger partial charge in [0.05, 0.1) is 16.2 Å². The van der Waals surface area contributed by atoms with Crippen LogP contribution in [0.25, 0.3) is 0 Å². The van der Waals surface area contributed by atoms with E-state index in [4.69, 9.17) is 38.6 Å². The molecule has 1 heterocycles. The molecule has 10 heteroatoms. The van der Waals surface area contributed by atoms with E-state index < -0.39 is 9.05 Å². The van der Waals surface area contributed by atoms with Gasteiger partial charge in [-0.15, -0.1) is 5.10 Å². The third-order valence-corrected chi connectivity index (χ3v) is 4.36. The summed E-state index contributed by atoms with van der Waals surface area (Å²) in [4.78, 5) is -0.266. The molecule has 0 saturated heterocycles. The molecule has 0 atom stereocenters. The number of rotatable bonds is 4. The van der Waals surface area contributed by atoms with Crippen molar-refractivity contribution >= 4 is 42.9 Å². The van der Waals surface area contributed by atoms with E-state index in [1.165, 1.54) is 10.7 Å². The van der Waals surface area contributed by atoms with Crippen molar-refractivity contribution in [3.05, 3.63) is 34.1 Å². The lowest BCUT2D eigenvalue weighted by Crippen LogP contribution is -1.98. The molecule has 1 aromatic heterocycles. The SMILES string of the molecule is Cn1cc(COc2cc(Cl)c(S(=O)(=O)Cl)cc2Cl)nn1. The number of hydrogen-bond acceptors (Lipinski definition) is 5. The molecule has 0 fully saturated rings. The first-order valence-corrected chi connectivity index (χ1v) is 8.25. The Morgan fingerprint density at radius 3 is 2.55 bits per heavy atom. The monoisotopic (exact) mass is 355 g/mol. The molecule has 0 bridgehead atoms. The predicted octanol–water partition coefficient (Wildman–Crippen LogP) is 2.63. The molecule has 0 aliphatic heterocycles. The summed E-state index contributed by atoms with van der Waals surface area (Å²) in [6.45, 7) is 0.122. The second-order valence-corrected chi connectivity index (χ2v) is 7.17. The van der Waals surface area contributed by atoms with Crippen molar-refractivity contribution < 1.29 is 13.2 Å². The van der Waals surface area contributed by atoms with Crippen molar-refractivity contribution in [2.75, 3.05) is 0 Å². The zero-order valence-electron chi connectivity index (χ0n) is 10.0. The normalized spacial score (nSPS) is 11.6. The highest BCUT2D eigenvalue weighted by atomic mass is 35.7. The fraction of sp³-hybridized carbons (Fsp3) is 0.200. The summed E-state index contributed by atoms with van der Waals surface area (Å²) in [6.07, 6.45) is 1.67. The van der Waals surface area contributed by atoms with Gasteiger partial charge in [0, 0.05) is 23.8 Å². The molecule has 0 unspecified atom stereocenters. The van der Waals surface area contributed by atoms with Crippen molar-refractivity contribution in [1.29, 1.82) is 0 Å². The summed E-state index contributed by atoms with van der Waals surface area (Å²) in [7, 11) is 2.99. The number of ether oxygens (including phenoxy) is 1. The van der Waals surface area contributed by atoms with Crippen LogP contribution < -0.4 is 4.74 Å². The van der Waals surface area contributed by atoms with Gasteiger partial charge in [-0.3, -0.25) is 4.68 Å². The molecule has 0 radical (unpaired) electrons. The Labute approximate surface area is 129 Å². The molecule has 1 aromatic carbocycles. The van der Waals surface area contributed by atoms with Gasteiger partial charge in [-0.1, -0.05) is 28.4 Å². The molecule has 2 rings (SSSR count). The molecule has 0 spiro atoms. The number of aromatic nitrogens is 3. The van der Waals surface area contributed by atoms with Crippen LogP contribution in [0.15, 0.2) is 23.2 Å². The van der Waals surface area contributed by atoms with Crippen molar-refractivity contribution in [2.24, 2.45) is 7.05 Å². The van der Waals surface area contributed by atoms with E-state index in [0.717, 1.165) is 6.07 Å². The van der Waals surface area contributed by atoms with Gasteiger partial charge in [-0.2, -0.15) is 0 Å². The van der Waals surface area contributed by atoms with Crippen LogP contribution in [0.1, 0.15) is 5.69 Å². The van der Waals surface area contributed by atoms with Gasteiger partial charge < -0.3 is 4.74 Å². The van der Waals surface area contributed by atoms with Gasteiger partial charge in [0.1, 0.15) is 22.9 Å². The first-order chi connectivity index (χ1) is 9.27. The number of hydrogen-bond donors (Lipinski definition) is 0. The predicted molar refractivity (Wildman–Crippen MR) is 74.8 cm³/mol. The largest absolute Gasteiger partial charge is 0.486 e. The number of halogens is 3. The average molecular weight is 357 g/mol. The zero-order valence-corrected chi connectivity index (χ0v) is 13.1. The highest BCUT2D eigenvalue weighted by Crippen LogP contribution is 2.35. The quantitative estimate of drug-likeness (QED) is 0.787. The first kappa shape index (κ1) is 15.4. The highest BCUT2D eigenvalue weighted by Gasteiger charge is 2.18. The van der Waals surface area contributed by atoms with E-state index in [2.05, 4.69) is 10.3 Å². The Hall–Kier alpha value is -1.02. The standard InChI is InChI=1S/C10H8Cl3N3O3S/c1-16-4-6(14-15-16)5-19-9-2-8(12)10(3-7(9)11)20(13,17)18/h2-4H,5H2,1H3. The van der Waals surface area contributed by atoms with Crippen LogP contribution in [-0.2, 0) is 22.7 Å². The molecule has 6 nitrogen and oxygen atoms in total. The zero-order chi connectivity index (χ0) is 14.9. The minimum atomic E-state index is -3.96. The van der Waals surface area contributed by atoms with E-state index in [9.17, 15) is 8.42 Å². The molecule has 0 aliphatic carbocycles. The van der Waals surface area contributed by atoms with E-state index in [1.807, 2.05) is 0 Å². The Morgan fingerprint density at radius 1 is 1.30 bits per heavy atom. The summed E-state index contributed by atoms with van der Waals surface area (Å²) < 4.78 is 29.5. The van der Waals surface area contributed by atoms with Crippen molar-refractivity contribution in [3.63, 3.8) is 0 Å². The number of aryl methyl sites for hydroxylation is 1. The maximum absolute atomic E-state index is 11.3. The van der Waals surface area contributed by atoms with Crippen LogP contribution in [0.5, 0.6) is 5.75 Å². The molecule has 2 aromatic rings. The smallest absolute Gasteiger partial charge is 0.262 e. The van der Waals surface area contributed by atoms with Gasteiger partial charge in [-0.05, 0) is 6.07 Å². The van der Waals surface area contributed by atoms with Gasteiger partial charge >= 0.3 is 0 Å². The summed E-state index contributed by atoms with van der Waals surface area (Å²) in [5, 5.41) is 7.59. The van der Waals surface area contributed by atoms with E-state index >= 15 is 0 Å². The van der Waals surface area contributed by atoms with Crippen LogP contribution >= 0.6 is 33.9 Å². The molecule has 20 heavy (non-hydrogen) atoms. The number of benzene rings is 1. The second kappa shape index (κ2) is 5.77. The molecule has 0 aliphatic rings. The topological polar surface area (TPSA) is 74.1 Å². The third-order valence-electron chi connectivity index (χ3n) is 2.27. The van der Waals surface area contributed by atoms with Gasteiger partial charge in [0.2, 0.25) is 0 Å². The highest BCUT2D eigenvalue weighted by molar-refractivity contribution is 8.13. The van der Waals surface area contributed by atoms with Gasteiger partial charge in [0.15, 0.2) is 0 Å².